The lowest BCUT2D eigenvalue weighted by Gasteiger charge is -2.38. The molecule has 1 aromatic carbocycles. The molecule has 1 N–H and O–H groups in total. The summed E-state index contributed by atoms with van der Waals surface area (Å²) in [6, 6.07) is 9.55. The topological polar surface area (TPSA) is 27.7 Å². The summed E-state index contributed by atoms with van der Waals surface area (Å²) in [6.07, 6.45) is 4.25. The van der Waals surface area contributed by atoms with Gasteiger partial charge in [-0.25, -0.2) is 0 Å². The molecule has 1 aromatic rings. The van der Waals surface area contributed by atoms with Crippen molar-refractivity contribution >= 4 is 5.69 Å². The molecule has 0 spiro atoms. The highest BCUT2D eigenvalue weighted by molar-refractivity contribution is 5.54. The Morgan fingerprint density at radius 3 is 2.62 bits per heavy atom. The van der Waals surface area contributed by atoms with Crippen LogP contribution in [0.1, 0.15) is 45.6 Å². The van der Waals surface area contributed by atoms with Crippen molar-refractivity contribution in [1.82, 2.24) is 10.2 Å². The molecular formula is C22H37N3O. The summed E-state index contributed by atoms with van der Waals surface area (Å²) in [4.78, 5) is 5.21. The Kier molecular flexibility index (Phi) is 7.35. The molecule has 0 aliphatic carbocycles. The monoisotopic (exact) mass is 359 g/mol. The van der Waals surface area contributed by atoms with Gasteiger partial charge in [0.25, 0.3) is 0 Å². The number of hydrogen-bond donors (Lipinski definition) is 1. The van der Waals surface area contributed by atoms with Gasteiger partial charge in [-0.1, -0.05) is 38.5 Å². The van der Waals surface area contributed by atoms with Crippen LogP contribution in [0.3, 0.4) is 0 Å². The molecule has 0 aromatic heterocycles. The highest BCUT2D eigenvalue weighted by Gasteiger charge is 2.25. The van der Waals surface area contributed by atoms with Crippen LogP contribution < -0.4 is 10.2 Å². The molecule has 146 valence electrons. The van der Waals surface area contributed by atoms with Crippen LogP contribution >= 0.6 is 0 Å². The summed E-state index contributed by atoms with van der Waals surface area (Å²) >= 11 is 0. The number of benzene rings is 1. The summed E-state index contributed by atoms with van der Waals surface area (Å²) in [5, 5.41) is 3.46. The number of nitrogens with zero attached hydrogens (tertiary/aromatic N) is 2. The first kappa shape index (κ1) is 19.7. The third-order valence-corrected chi connectivity index (χ3v) is 6.06. The van der Waals surface area contributed by atoms with Gasteiger partial charge in [0.1, 0.15) is 0 Å². The average molecular weight is 360 g/mol. The SMILES string of the molecule is CC(C)[C@H](C)OC[C@H]1CCCCN1Cc1ccccc1N1CCNCC1. The number of rotatable bonds is 7. The van der Waals surface area contributed by atoms with Crippen LogP contribution in [0.25, 0.3) is 0 Å². The van der Waals surface area contributed by atoms with Gasteiger partial charge in [-0.2, -0.15) is 0 Å². The van der Waals surface area contributed by atoms with E-state index in [9.17, 15) is 0 Å². The summed E-state index contributed by atoms with van der Waals surface area (Å²) in [5.74, 6) is 0.584. The Morgan fingerprint density at radius 1 is 1.08 bits per heavy atom. The summed E-state index contributed by atoms with van der Waals surface area (Å²) in [7, 11) is 0. The van der Waals surface area contributed by atoms with Crippen molar-refractivity contribution in [2.24, 2.45) is 5.92 Å². The van der Waals surface area contributed by atoms with Crippen molar-refractivity contribution in [1.29, 1.82) is 0 Å². The fraction of sp³-hybridized carbons (Fsp3) is 0.727. The van der Waals surface area contributed by atoms with Crippen molar-refractivity contribution < 1.29 is 4.74 Å². The maximum absolute atomic E-state index is 6.20. The third-order valence-electron chi connectivity index (χ3n) is 6.06. The van der Waals surface area contributed by atoms with Gasteiger partial charge in [0.15, 0.2) is 0 Å². The summed E-state index contributed by atoms with van der Waals surface area (Å²) in [6.45, 7) is 14.2. The molecule has 4 nitrogen and oxygen atoms in total. The zero-order chi connectivity index (χ0) is 18.4. The molecule has 26 heavy (non-hydrogen) atoms. The third kappa shape index (κ3) is 5.21. The zero-order valence-electron chi connectivity index (χ0n) is 16.9. The number of piperazine rings is 1. The molecular weight excluding hydrogens is 322 g/mol. The lowest BCUT2D eigenvalue weighted by atomic mass is 10.0. The van der Waals surface area contributed by atoms with Crippen LogP contribution in [0.5, 0.6) is 0 Å². The largest absolute Gasteiger partial charge is 0.377 e. The van der Waals surface area contributed by atoms with Crippen LogP contribution in [0, 0.1) is 5.92 Å². The summed E-state index contributed by atoms with van der Waals surface area (Å²) in [5.41, 5.74) is 2.90. The second kappa shape index (κ2) is 9.72. The molecule has 0 unspecified atom stereocenters. The van der Waals surface area contributed by atoms with E-state index in [1.807, 2.05) is 0 Å². The van der Waals surface area contributed by atoms with Crippen molar-refractivity contribution in [3.63, 3.8) is 0 Å². The number of para-hydroxylation sites is 1. The molecule has 0 bridgehead atoms. The van der Waals surface area contributed by atoms with Gasteiger partial charge >= 0.3 is 0 Å². The van der Waals surface area contributed by atoms with E-state index < -0.39 is 0 Å². The van der Waals surface area contributed by atoms with E-state index in [-0.39, 0.29) is 0 Å². The number of nitrogens with one attached hydrogen (secondary N) is 1. The first-order valence-corrected chi connectivity index (χ1v) is 10.5. The Balaban J connectivity index is 1.66. The predicted molar refractivity (Wildman–Crippen MR) is 110 cm³/mol. The Hall–Kier alpha value is -1.10. The second-order valence-corrected chi connectivity index (χ2v) is 8.27. The Morgan fingerprint density at radius 2 is 1.85 bits per heavy atom. The van der Waals surface area contributed by atoms with Gasteiger partial charge in [0.05, 0.1) is 12.7 Å². The zero-order valence-corrected chi connectivity index (χ0v) is 16.9. The van der Waals surface area contributed by atoms with Crippen molar-refractivity contribution in [3.05, 3.63) is 29.8 Å². The molecule has 3 rings (SSSR count). The molecule has 0 amide bonds. The van der Waals surface area contributed by atoms with Gasteiger partial charge in [-0.15, -0.1) is 0 Å². The minimum Gasteiger partial charge on any atom is -0.377 e. The van der Waals surface area contributed by atoms with Crippen molar-refractivity contribution in [3.8, 4) is 0 Å². The molecule has 2 aliphatic rings. The normalized spacial score (nSPS) is 23.4. The first-order chi connectivity index (χ1) is 12.6. The summed E-state index contributed by atoms with van der Waals surface area (Å²) < 4.78 is 6.20. The highest BCUT2D eigenvalue weighted by Crippen LogP contribution is 2.26. The van der Waals surface area contributed by atoms with Gasteiger partial charge in [0.2, 0.25) is 0 Å². The Labute approximate surface area is 159 Å². The van der Waals surface area contributed by atoms with E-state index in [0.29, 0.717) is 18.1 Å². The molecule has 4 heteroatoms. The highest BCUT2D eigenvalue weighted by atomic mass is 16.5. The van der Waals surface area contributed by atoms with Gasteiger partial charge in [-0.3, -0.25) is 4.90 Å². The second-order valence-electron chi connectivity index (χ2n) is 8.27. The van der Waals surface area contributed by atoms with E-state index in [1.165, 1.54) is 37.1 Å². The molecule has 0 radical (unpaired) electrons. The van der Waals surface area contributed by atoms with E-state index >= 15 is 0 Å². The molecule has 2 fully saturated rings. The maximum atomic E-state index is 6.20. The van der Waals surface area contributed by atoms with Crippen LogP contribution in [0.4, 0.5) is 5.69 Å². The molecule has 2 atom stereocenters. The average Bonchev–Trinajstić information content (AvgIpc) is 2.68. The quantitative estimate of drug-likeness (QED) is 0.806. The fourth-order valence-corrected chi connectivity index (χ4v) is 3.99. The smallest absolute Gasteiger partial charge is 0.0625 e. The molecule has 0 saturated carbocycles. The molecule has 2 heterocycles. The minimum absolute atomic E-state index is 0.340. The standard InChI is InChI=1S/C22H37N3O/c1-18(2)19(3)26-17-21-9-6-7-13-25(21)16-20-8-4-5-10-22(20)24-14-11-23-12-15-24/h4-5,8,10,18-19,21,23H,6-7,9,11-17H2,1-3H3/t19-,21+/m0/s1. The number of likely N-dealkylation sites (tertiary alicyclic amines) is 1. The van der Waals surface area contributed by atoms with Gasteiger partial charge in [0, 0.05) is 44.5 Å². The van der Waals surface area contributed by atoms with Crippen LogP contribution in [-0.2, 0) is 11.3 Å². The van der Waals surface area contributed by atoms with Crippen LogP contribution in [0.15, 0.2) is 24.3 Å². The number of anilines is 1. The van der Waals surface area contributed by atoms with Crippen LogP contribution in [-0.4, -0.2) is 56.4 Å². The van der Waals surface area contributed by atoms with Crippen molar-refractivity contribution in [2.75, 3.05) is 44.2 Å². The van der Waals surface area contributed by atoms with E-state index in [4.69, 9.17) is 4.74 Å². The fourth-order valence-electron chi connectivity index (χ4n) is 3.99. The Bertz CT molecular complexity index is 542. The number of hydrogen-bond acceptors (Lipinski definition) is 4. The maximum Gasteiger partial charge on any atom is 0.0625 e. The van der Waals surface area contributed by atoms with Crippen molar-refractivity contribution in [2.45, 2.75) is 58.7 Å². The molecule has 2 aliphatic heterocycles. The number of ether oxygens (including phenoxy) is 1. The van der Waals surface area contributed by atoms with E-state index in [1.54, 1.807) is 0 Å². The lowest BCUT2D eigenvalue weighted by molar-refractivity contribution is -0.0163. The minimum atomic E-state index is 0.340. The first-order valence-electron chi connectivity index (χ1n) is 10.5. The molecule has 2 saturated heterocycles. The number of piperidine rings is 1. The van der Waals surface area contributed by atoms with Gasteiger partial charge < -0.3 is 15.0 Å². The van der Waals surface area contributed by atoms with E-state index in [2.05, 4.69) is 60.2 Å². The lowest BCUT2D eigenvalue weighted by Crippen LogP contribution is -2.45. The van der Waals surface area contributed by atoms with Crippen LogP contribution in [0.2, 0.25) is 0 Å². The predicted octanol–water partition coefficient (Wildman–Crippen LogP) is 3.51. The van der Waals surface area contributed by atoms with E-state index in [0.717, 1.165) is 39.3 Å². The van der Waals surface area contributed by atoms with Gasteiger partial charge in [-0.05, 0) is 43.9 Å².